The second-order valence-electron chi connectivity index (χ2n) is 17.2. The highest BCUT2D eigenvalue weighted by Gasteiger charge is 2.30. The summed E-state index contributed by atoms with van der Waals surface area (Å²) in [5, 5.41) is 0. The summed E-state index contributed by atoms with van der Waals surface area (Å²) in [7, 11) is 0. The minimum absolute atomic E-state index is 0.153. The molecular weight excluding hydrogens is 734 g/mol. The topological polar surface area (TPSA) is 150 Å². The third-order valence-electron chi connectivity index (χ3n) is 7.93. The molecule has 14 heteroatoms. The van der Waals surface area contributed by atoms with Crippen molar-refractivity contribution in [2.24, 2.45) is 0 Å². The number of ether oxygens (including phenoxy) is 6. The Balaban J connectivity index is 3.68. The highest BCUT2D eigenvalue weighted by molar-refractivity contribution is 5.76. The Morgan fingerprint density at radius 1 is 0.561 bits per heavy atom. The van der Waals surface area contributed by atoms with Crippen LogP contribution in [0.1, 0.15) is 114 Å². The van der Waals surface area contributed by atoms with Crippen LogP contribution in [-0.4, -0.2) is 140 Å². The number of benzene rings is 1. The minimum Gasteiger partial charge on any atom is -0.494 e. The number of carbonyl (C=O) groups excluding carboxylic acids is 5. The molecule has 1 unspecified atom stereocenters. The van der Waals surface area contributed by atoms with E-state index in [-0.39, 0.29) is 65.6 Å². The second-order valence-corrected chi connectivity index (χ2v) is 17.2. The maximum absolute atomic E-state index is 13.4. The molecular formula is C43H73N3O11. The van der Waals surface area contributed by atoms with Gasteiger partial charge in [0.15, 0.2) is 0 Å². The first kappa shape index (κ1) is 51.3. The molecule has 1 atom stereocenters. The van der Waals surface area contributed by atoms with Crippen LogP contribution in [-0.2, 0) is 54.1 Å². The highest BCUT2D eigenvalue weighted by atomic mass is 16.6. The van der Waals surface area contributed by atoms with Crippen molar-refractivity contribution in [3.05, 3.63) is 29.8 Å². The average molecular weight is 808 g/mol. The average Bonchev–Trinajstić information content (AvgIpc) is 3.05. The number of nitrogens with zero attached hydrogens (tertiary/aromatic N) is 3. The Hall–Kier alpha value is -3.75. The molecule has 1 aromatic rings. The SMILES string of the molecule is CCCCOC(=O)CN(CC(=O)OCCCC)C(Cc1ccc(OCC)cc1)CN(CCN(CC(=O)OC(C)(C)C)CC(=O)OC(C)(C)C)CC(=O)OC(C)(C)C. The van der Waals surface area contributed by atoms with E-state index in [2.05, 4.69) is 0 Å². The molecule has 0 saturated heterocycles. The van der Waals surface area contributed by atoms with Gasteiger partial charge in [-0.15, -0.1) is 0 Å². The third kappa shape index (κ3) is 26.0. The summed E-state index contributed by atoms with van der Waals surface area (Å²) in [6.45, 7) is 22.4. The van der Waals surface area contributed by atoms with Gasteiger partial charge < -0.3 is 28.4 Å². The van der Waals surface area contributed by atoms with Crippen molar-refractivity contribution in [2.75, 3.05) is 72.2 Å². The minimum atomic E-state index is -0.763. The molecule has 0 fully saturated rings. The summed E-state index contributed by atoms with van der Waals surface area (Å²) in [5.41, 5.74) is -1.35. The lowest BCUT2D eigenvalue weighted by Gasteiger charge is -2.35. The van der Waals surface area contributed by atoms with E-state index in [1.54, 1.807) is 72.1 Å². The summed E-state index contributed by atoms with van der Waals surface area (Å²) in [6.07, 6.45) is 3.47. The summed E-state index contributed by atoms with van der Waals surface area (Å²) >= 11 is 0. The van der Waals surface area contributed by atoms with Gasteiger partial charge in [0.05, 0.1) is 52.5 Å². The molecule has 1 aromatic carbocycles. The first-order valence-corrected chi connectivity index (χ1v) is 20.4. The van der Waals surface area contributed by atoms with Gasteiger partial charge in [0.1, 0.15) is 22.6 Å². The number of hydrogen-bond acceptors (Lipinski definition) is 14. The predicted molar refractivity (Wildman–Crippen MR) is 219 cm³/mol. The highest BCUT2D eigenvalue weighted by Crippen LogP contribution is 2.18. The van der Waals surface area contributed by atoms with E-state index in [4.69, 9.17) is 28.4 Å². The zero-order valence-electron chi connectivity index (χ0n) is 37.0. The van der Waals surface area contributed by atoms with Crippen LogP contribution in [0.5, 0.6) is 5.75 Å². The Labute approximate surface area is 342 Å². The molecule has 0 saturated carbocycles. The summed E-state index contributed by atoms with van der Waals surface area (Å²) in [4.78, 5) is 71.3. The molecule has 57 heavy (non-hydrogen) atoms. The summed E-state index contributed by atoms with van der Waals surface area (Å²) < 4.78 is 33.7. The molecule has 0 aliphatic heterocycles. The monoisotopic (exact) mass is 808 g/mol. The third-order valence-corrected chi connectivity index (χ3v) is 7.93. The van der Waals surface area contributed by atoms with Crippen LogP contribution in [0.15, 0.2) is 24.3 Å². The van der Waals surface area contributed by atoms with Crippen LogP contribution in [0.3, 0.4) is 0 Å². The number of hydrogen-bond donors (Lipinski definition) is 0. The Morgan fingerprint density at radius 2 is 0.965 bits per heavy atom. The van der Waals surface area contributed by atoms with Gasteiger partial charge in [-0.3, -0.25) is 38.7 Å². The van der Waals surface area contributed by atoms with E-state index in [0.717, 1.165) is 18.4 Å². The van der Waals surface area contributed by atoms with E-state index in [9.17, 15) is 24.0 Å². The molecule has 14 nitrogen and oxygen atoms in total. The quantitative estimate of drug-likeness (QED) is 0.0648. The molecule has 0 radical (unpaired) electrons. The molecule has 0 aliphatic carbocycles. The van der Waals surface area contributed by atoms with E-state index < -0.39 is 52.7 Å². The molecule has 326 valence electrons. The predicted octanol–water partition coefficient (Wildman–Crippen LogP) is 5.61. The molecule has 0 spiro atoms. The Kier molecular flexibility index (Phi) is 23.0. The van der Waals surface area contributed by atoms with Crippen molar-refractivity contribution in [2.45, 2.75) is 138 Å². The molecule has 0 aliphatic rings. The van der Waals surface area contributed by atoms with Crippen molar-refractivity contribution in [3.8, 4) is 5.75 Å². The summed E-state index contributed by atoms with van der Waals surface area (Å²) in [6, 6.07) is 7.06. The van der Waals surface area contributed by atoms with Gasteiger partial charge in [-0.2, -0.15) is 0 Å². The maximum Gasteiger partial charge on any atom is 0.320 e. The van der Waals surface area contributed by atoms with E-state index >= 15 is 0 Å². The second kappa shape index (κ2) is 25.6. The van der Waals surface area contributed by atoms with Crippen molar-refractivity contribution < 1.29 is 52.4 Å². The van der Waals surface area contributed by atoms with Crippen LogP contribution in [0.25, 0.3) is 0 Å². The largest absolute Gasteiger partial charge is 0.494 e. The number of carbonyl (C=O) groups is 5. The van der Waals surface area contributed by atoms with Crippen LogP contribution in [0.4, 0.5) is 0 Å². The molecule has 1 rings (SSSR count). The van der Waals surface area contributed by atoms with Gasteiger partial charge >= 0.3 is 29.8 Å². The van der Waals surface area contributed by atoms with Gasteiger partial charge in [-0.05, 0) is 106 Å². The number of rotatable bonds is 26. The van der Waals surface area contributed by atoms with Crippen LogP contribution < -0.4 is 4.74 Å². The molecule has 0 aromatic heterocycles. The summed E-state index contributed by atoms with van der Waals surface area (Å²) in [5.74, 6) is -1.80. The van der Waals surface area contributed by atoms with Crippen molar-refractivity contribution in [1.82, 2.24) is 14.7 Å². The smallest absolute Gasteiger partial charge is 0.320 e. The van der Waals surface area contributed by atoms with Gasteiger partial charge in [0, 0.05) is 25.7 Å². The maximum atomic E-state index is 13.4. The fraction of sp³-hybridized carbons (Fsp3) is 0.744. The van der Waals surface area contributed by atoms with E-state index in [1.807, 2.05) is 49.9 Å². The standard InChI is InChI=1S/C43H73N3O11/c1-13-16-24-53-36(47)31-46(32-37(48)54-25-17-14-2)34(26-33-18-20-35(21-19-33)52-15-3)27-44(28-38(49)55-41(4,5)6)22-23-45(29-39(50)56-42(7,8)9)30-40(51)57-43(10,11)12/h18-21,34H,13-17,22-32H2,1-12H3. The number of esters is 5. The zero-order valence-corrected chi connectivity index (χ0v) is 37.0. The van der Waals surface area contributed by atoms with Gasteiger partial charge in [0.25, 0.3) is 0 Å². The van der Waals surface area contributed by atoms with E-state index in [0.29, 0.717) is 31.6 Å². The van der Waals surface area contributed by atoms with Crippen molar-refractivity contribution in [1.29, 1.82) is 0 Å². The normalized spacial score (nSPS) is 12.7. The lowest BCUT2D eigenvalue weighted by molar-refractivity contribution is -0.161. The van der Waals surface area contributed by atoms with Crippen LogP contribution >= 0.6 is 0 Å². The van der Waals surface area contributed by atoms with E-state index in [1.165, 1.54) is 0 Å². The van der Waals surface area contributed by atoms with Gasteiger partial charge in [-0.1, -0.05) is 38.8 Å². The fourth-order valence-electron chi connectivity index (χ4n) is 5.57. The molecule has 0 N–H and O–H groups in total. The van der Waals surface area contributed by atoms with Gasteiger partial charge in [-0.25, -0.2) is 0 Å². The molecule has 0 bridgehead atoms. The Bertz CT molecular complexity index is 1310. The lowest BCUT2D eigenvalue weighted by atomic mass is 10.0. The molecule has 0 amide bonds. The van der Waals surface area contributed by atoms with Crippen molar-refractivity contribution >= 4 is 29.8 Å². The van der Waals surface area contributed by atoms with Crippen LogP contribution in [0.2, 0.25) is 0 Å². The first-order chi connectivity index (χ1) is 26.5. The lowest BCUT2D eigenvalue weighted by Crippen LogP contribution is -2.52. The number of unbranched alkanes of at least 4 members (excludes halogenated alkanes) is 2. The fourth-order valence-corrected chi connectivity index (χ4v) is 5.57. The van der Waals surface area contributed by atoms with Gasteiger partial charge in [0.2, 0.25) is 0 Å². The van der Waals surface area contributed by atoms with Crippen molar-refractivity contribution in [3.63, 3.8) is 0 Å². The van der Waals surface area contributed by atoms with Crippen LogP contribution in [0, 0.1) is 0 Å². The zero-order chi connectivity index (χ0) is 43.2. The Morgan fingerprint density at radius 3 is 1.35 bits per heavy atom. The first-order valence-electron chi connectivity index (χ1n) is 20.4. The molecule has 0 heterocycles.